The molecule has 6 rings (SSSR count). The summed E-state index contributed by atoms with van der Waals surface area (Å²) in [6.07, 6.45) is 8.75. The van der Waals surface area contributed by atoms with E-state index in [4.69, 9.17) is 0 Å². The topological polar surface area (TPSA) is 69.7 Å². The van der Waals surface area contributed by atoms with Crippen molar-refractivity contribution in [3.05, 3.63) is 35.4 Å². The predicted octanol–water partition coefficient (Wildman–Crippen LogP) is 3.21. The van der Waals surface area contributed by atoms with Crippen molar-refractivity contribution in [2.24, 2.45) is 23.2 Å². The number of benzene rings is 1. The number of carbonyl (C=O) groups excluding carboxylic acids is 3. The summed E-state index contributed by atoms with van der Waals surface area (Å²) in [5.41, 5.74) is 1.39. The monoisotopic (exact) mass is 437 g/mol. The highest BCUT2D eigenvalue weighted by molar-refractivity contribution is 5.94. The number of likely N-dealkylation sites (N-methyl/N-ethyl adjacent to an activating group) is 1. The summed E-state index contributed by atoms with van der Waals surface area (Å²) >= 11 is 0. The fourth-order valence-corrected chi connectivity index (χ4v) is 7.46. The second-order valence-electron chi connectivity index (χ2n) is 10.8. The highest BCUT2D eigenvalue weighted by Crippen LogP contribution is 2.60. The van der Waals surface area contributed by atoms with E-state index in [-0.39, 0.29) is 29.2 Å². The Bertz CT molecular complexity index is 874. The molecule has 1 aromatic rings. The Balaban J connectivity index is 1.26. The summed E-state index contributed by atoms with van der Waals surface area (Å²) < 4.78 is 0. The minimum Gasteiger partial charge on any atom is -0.355 e. The van der Waals surface area contributed by atoms with Gasteiger partial charge in [-0.2, -0.15) is 0 Å². The molecule has 32 heavy (non-hydrogen) atoms. The first-order valence-corrected chi connectivity index (χ1v) is 12.3. The molecule has 1 N–H and O–H groups in total. The van der Waals surface area contributed by atoms with E-state index in [9.17, 15) is 14.4 Å². The number of rotatable bonds is 5. The van der Waals surface area contributed by atoms with Crippen LogP contribution in [0.25, 0.3) is 0 Å². The second kappa shape index (κ2) is 8.20. The minimum absolute atomic E-state index is 0.0379. The highest BCUT2D eigenvalue weighted by Gasteiger charge is 2.56. The van der Waals surface area contributed by atoms with Crippen molar-refractivity contribution in [2.75, 3.05) is 20.6 Å². The number of hydrogen-bond donors (Lipinski definition) is 1. The summed E-state index contributed by atoms with van der Waals surface area (Å²) in [6, 6.07) is 7.02. The Labute approximate surface area is 190 Å². The summed E-state index contributed by atoms with van der Waals surface area (Å²) in [5, 5.41) is 2.62. The lowest BCUT2D eigenvalue weighted by Gasteiger charge is -2.56. The van der Waals surface area contributed by atoms with Crippen LogP contribution in [-0.2, 0) is 16.1 Å². The van der Waals surface area contributed by atoms with Gasteiger partial charge >= 0.3 is 0 Å². The average Bonchev–Trinajstić information content (AvgIpc) is 3.26. The largest absolute Gasteiger partial charge is 0.355 e. The first kappa shape index (κ1) is 21.5. The molecule has 1 atom stereocenters. The van der Waals surface area contributed by atoms with Gasteiger partial charge in [0.1, 0.15) is 6.04 Å². The lowest BCUT2D eigenvalue weighted by Crippen LogP contribution is -2.57. The Morgan fingerprint density at radius 3 is 2.19 bits per heavy atom. The van der Waals surface area contributed by atoms with Crippen LogP contribution in [0.15, 0.2) is 24.3 Å². The zero-order valence-electron chi connectivity index (χ0n) is 19.3. The van der Waals surface area contributed by atoms with E-state index < -0.39 is 0 Å². The van der Waals surface area contributed by atoms with Gasteiger partial charge in [-0.3, -0.25) is 14.4 Å². The number of nitrogens with one attached hydrogen (secondary N) is 1. The molecule has 1 heterocycles. The Kier molecular flexibility index (Phi) is 5.50. The lowest BCUT2D eigenvalue weighted by molar-refractivity contribution is -0.161. The maximum Gasteiger partial charge on any atom is 0.251 e. The van der Waals surface area contributed by atoms with Gasteiger partial charge in [-0.25, -0.2) is 0 Å². The number of nitrogens with zero attached hydrogens (tertiary/aromatic N) is 2. The molecule has 4 saturated carbocycles. The van der Waals surface area contributed by atoms with E-state index in [1.165, 1.54) is 19.3 Å². The van der Waals surface area contributed by atoms with E-state index in [0.717, 1.165) is 55.4 Å². The van der Waals surface area contributed by atoms with Crippen LogP contribution in [-0.4, -0.2) is 54.2 Å². The molecule has 1 aromatic carbocycles. The molecule has 6 nitrogen and oxygen atoms in total. The fourth-order valence-electron chi connectivity index (χ4n) is 7.46. The quantitative estimate of drug-likeness (QED) is 0.769. The number of hydrogen-bond acceptors (Lipinski definition) is 3. The van der Waals surface area contributed by atoms with Crippen LogP contribution in [0.1, 0.15) is 67.3 Å². The molecule has 4 bridgehead atoms. The zero-order valence-corrected chi connectivity index (χ0v) is 19.3. The average molecular weight is 438 g/mol. The summed E-state index contributed by atoms with van der Waals surface area (Å²) in [7, 11) is 3.43. The molecule has 3 amide bonds. The third-order valence-corrected chi connectivity index (χ3v) is 8.53. The van der Waals surface area contributed by atoms with Crippen molar-refractivity contribution < 1.29 is 14.4 Å². The summed E-state index contributed by atoms with van der Waals surface area (Å²) in [6.45, 7) is 1.19. The molecular weight excluding hydrogens is 402 g/mol. The fraction of sp³-hybridized carbons (Fsp3) is 0.654. The van der Waals surface area contributed by atoms with Gasteiger partial charge in [0.15, 0.2) is 0 Å². The molecule has 1 aliphatic heterocycles. The van der Waals surface area contributed by atoms with Crippen LogP contribution in [0.3, 0.4) is 0 Å². The third kappa shape index (κ3) is 3.71. The maximum absolute atomic E-state index is 13.8. The van der Waals surface area contributed by atoms with E-state index in [1.807, 2.05) is 24.1 Å². The summed E-state index contributed by atoms with van der Waals surface area (Å²) in [4.78, 5) is 42.7. The van der Waals surface area contributed by atoms with E-state index >= 15 is 0 Å². The first-order valence-electron chi connectivity index (χ1n) is 12.3. The van der Waals surface area contributed by atoms with E-state index in [2.05, 4.69) is 5.32 Å². The molecule has 0 aromatic heterocycles. The molecule has 5 fully saturated rings. The highest BCUT2D eigenvalue weighted by atomic mass is 16.2. The predicted molar refractivity (Wildman–Crippen MR) is 122 cm³/mol. The molecule has 172 valence electrons. The number of likely N-dealkylation sites (tertiary alicyclic amines) is 1. The van der Waals surface area contributed by atoms with Crippen LogP contribution in [0.4, 0.5) is 0 Å². The summed E-state index contributed by atoms with van der Waals surface area (Å²) in [5.74, 6) is 2.37. The van der Waals surface area contributed by atoms with Gasteiger partial charge in [0.2, 0.25) is 11.8 Å². The molecule has 0 spiro atoms. The second-order valence-corrected chi connectivity index (χ2v) is 10.8. The van der Waals surface area contributed by atoms with Crippen molar-refractivity contribution >= 4 is 17.7 Å². The first-order chi connectivity index (χ1) is 15.4. The third-order valence-electron chi connectivity index (χ3n) is 8.53. The minimum atomic E-state index is -0.328. The standard InChI is InChI=1S/C26H35N3O3/c1-27-23(30)21-7-5-17(6-8-21)16-28(2)24(31)22-4-3-9-29(22)25(32)26-13-18-10-19(14-26)12-20(11-18)15-26/h5-8,18-20,22H,3-4,9-16H2,1-2H3,(H,27,30). The van der Waals surface area contributed by atoms with Crippen molar-refractivity contribution in [2.45, 2.75) is 64.0 Å². The molecule has 6 heteroatoms. The van der Waals surface area contributed by atoms with Gasteiger partial charge in [-0.15, -0.1) is 0 Å². The molecule has 4 aliphatic carbocycles. The van der Waals surface area contributed by atoms with Crippen molar-refractivity contribution in [3.8, 4) is 0 Å². The Morgan fingerprint density at radius 2 is 1.62 bits per heavy atom. The van der Waals surface area contributed by atoms with Crippen molar-refractivity contribution in [1.82, 2.24) is 15.1 Å². The normalized spacial score (nSPS) is 32.8. The van der Waals surface area contributed by atoms with E-state index in [1.54, 1.807) is 24.1 Å². The van der Waals surface area contributed by atoms with Crippen LogP contribution in [0.2, 0.25) is 0 Å². The maximum atomic E-state index is 13.8. The van der Waals surface area contributed by atoms with Crippen LogP contribution < -0.4 is 5.32 Å². The smallest absolute Gasteiger partial charge is 0.251 e. The molecule has 1 unspecified atom stereocenters. The van der Waals surface area contributed by atoms with Crippen LogP contribution in [0.5, 0.6) is 0 Å². The molecule has 0 radical (unpaired) electrons. The van der Waals surface area contributed by atoms with Crippen LogP contribution in [0, 0.1) is 23.2 Å². The lowest BCUT2D eigenvalue weighted by atomic mass is 9.49. The van der Waals surface area contributed by atoms with Gasteiger partial charge in [0.25, 0.3) is 5.91 Å². The molecule has 5 aliphatic rings. The SMILES string of the molecule is CNC(=O)c1ccc(CN(C)C(=O)C2CCCN2C(=O)C23CC4CC(CC(C4)C2)C3)cc1. The molecular formula is C26H35N3O3. The van der Waals surface area contributed by atoms with E-state index in [0.29, 0.717) is 18.7 Å². The van der Waals surface area contributed by atoms with Gasteiger partial charge in [0, 0.05) is 32.7 Å². The molecule has 1 saturated heterocycles. The van der Waals surface area contributed by atoms with Crippen molar-refractivity contribution in [1.29, 1.82) is 0 Å². The number of carbonyl (C=O) groups is 3. The van der Waals surface area contributed by atoms with Gasteiger partial charge < -0.3 is 15.1 Å². The Morgan fingerprint density at radius 1 is 1.03 bits per heavy atom. The van der Waals surface area contributed by atoms with Gasteiger partial charge in [-0.1, -0.05) is 12.1 Å². The zero-order chi connectivity index (χ0) is 22.5. The van der Waals surface area contributed by atoms with Gasteiger partial charge in [-0.05, 0) is 86.8 Å². The van der Waals surface area contributed by atoms with Crippen LogP contribution >= 0.6 is 0 Å². The Hall–Kier alpha value is -2.37. The number of amides is 3. The van der Waals surface area contributed by atoms with Crippen molar-refractivity contribution in [3.63, 3.8) is 0 Å². The van der Waals surface area contributed by atoms with Gasteiger partial charge in [0.05, 0.1) is 5.41 Å².